The van der Waals surface area contributed by atoms with Crippen molar-refractivity contribution in [2.45, 2.75) is 12.8 Å². The number of rotatable bonds is 5. The molecule has 1 N–H and O–H groups in total. The van der Waals surface area contributed by atoms with Crippen LogP contribution in [0.1, 0.15) is 20.9 Å². The fourth-order valence-electron chi connectivity index (χ4n) is 3.44. The zero-order valence-electron chi connectivity index (χ0n) is 15.0. The van der Waals surface area contributed by atoms with Gasteiger partial charge in [-0.15, -0.1) is 11.3 Å². The zero-order valence-corrected chi connectivity index (χ0v) is 15.8. The normalized spacial score (nSPS) is 12.5. The average Bonchev–Trinajstić information content (AvgIpc) is 3.30. The first-order valence-electron chi connectivity index (χ1n) is 8.85. The first kappa shape index (κ1) is 17.0. The summed E-state index contributed by atoms with van der Waals surface area (Å²) in [6.07, 6.45) is 1.83. The minimum atomic E-state index is -0.00939. The standard InChI is InChI=1S/C20H22N4OS/c1-21-11-12-23(2)20(25)18-16-8-9-17-15(10-13-26-17)19(16)24(22-18)14-6-4-3-5-7-14/h3-7,10,13,21H,8-9,11-12H2,1-2H3. The van der Waals surface area contributed by atoms with Crippen LogP contribution in [0.5, 0.6) is 0 Å². The molecular formula is C20H22N4OS. The first-order valence-corrected chi connectivity index (χ1v) is 9.72. The first-order chi connectivity index (χ1) is 12.7. The SMILES string of the molecule is CNCCN(C)C(=O)c1nn(-c2ccccc2)c2c1CCc1sccc1-2. The topological polar surface area (TPSA) is 50.2 Å². The van der Waals surface area contributed by atoms with E-state index in [4.69, 9.17) is 5.10 Å². The van der Waals surface area contributed by atoms with E-state index < -0.39 is 0 Å². The van der Waals surface area contributed by atoms with Gasteiger partial charge in [0.05, 0.1) is 11.4 Å². The molecule has 5 nitrogen and oxygen atoms in total. The third-order valence-corrected chi connectivity index (χ3v) is 5.81. The van der Waals surface area contributed by atoms with Crippen LogP contribution in [0.3, 0.4) is 0 Å². The number of thiophene rings is 1. The highest BCUT2D eigenvalue weighted by Crippen LogP contribution is 2.39. The Hall–Kier alpha value is -2.44. The summed E-state index contributed by atoms with van der Waals surface area (Å²) in [4.78, 5) is 16.2. The van der Waals surface area contributed by atoms with E-state index in [2.05, 4.69) is 16.8 Å². The van der Waals surface area contributed by atoms with Crippen molar-refractivity contribution in [3.63, 3.8) is 0 Å². The highest BCUT2D eigenvalue weighted by atomic mass is 32.1. The molecule has 6 heteroatoms. The number of benzene rings is 1. The summed E-state index contributed by atoms with van der Waals surface area (Å²) in [5, 5.41) is 10.00. The van der Waals surface area contributed by atoms with Gasteiger partial charge in [-0.3, -0.25) is 4.79 Å². The van der Waals surface area contributed by atoms with Gasteiger partial charge in [0.25, 0.3) is 5.91 Å². The van der Waals surface area contributed by atoms with Gasteiger partial charge in [-0.2, -0.15) is 5.10 Å². The van der Waals surface area contributed by atoms with Crippen LogP contribution in [-0.2, 0) is 12.8 Å². The molecular weight excluding hydrogens is 344 g/mol. The molecule has 0 saturated carbocycles. The highest BCUT2D eigenvalue weighted by molar-refractivity contribution is 7.10. The number of aromatic nitrogens is 2. The van der Waals surface area contributed by atoms with Crippen molar-refractivity contribution in [2.24, 2.45) is 0 Å². The summed E-state index contributed by atoms with van der Waals surface area (Å²) < 4.78 is 1.94. The number of carbonyl (C=O) groups excluding carboxylic acids is 1. The lowest BCUT2D eigenvalue weighted by Gasteiger charge is -2.18. The summed E-state index contributed by atoms with van der Waals surface area (Å²) in [6.45, 7) is 1.42. The molecule has 3 aromatic rings. The van der Waals surface area contributed by atoms with Gasteiger partial charge in [0.2, 0.25) is 0 Å². The molecule has 0 fully saturated rings. The van der Waals surface area contributed by atoms with Gasteiger partial charge >= 0.3 is 0 Å². The summed E-state index contributed by atoms with van der Waals surface area (Å²) in [7, 11) is 3.73. The van der Waals surface area contributed by atoms with E-state index in [0.29, 0.717) is 12.2 Å². The molecule has 0 aliphatic heterocycles. The van der Waals surface area contributed by atoms with E-state index in [1.165, 1.54) is 10.4 Å². The van der Waals surface area contributed by atoms with Crippen molar-refractivity contribution in [1.82, 2.24) is 20.0 Å². The Morgan fingerprint density at radius 2 is 2.08 bits per heavy atom. The van der Waals surface area contributed by atoms with Gasteiger partial charge in [-0.05, 0) is 43.5 Å². The van der Waals surface area contributed by atoms with E-state index in [9.17, 15) is 4.79 Å². The van der Waals surface area contributed by atoms with Crippen LogP contribution in [0.25, 0.3) is 16.9 Å². The van der Waals surface area contributed by atoms with E-state index in [1.54, 1.807) is 16.2 Å². The van der Waals surface area contributed by atoms with Gasteiger partial charge in [0, 0.05) is 36.1 Å². The van der Waals surface area contributed by atoms with Crippen molar-refractivity contribution in [3.05, 3.63) is 57.9 Å². The van der Waals surface area contributed by atoms with Crippen LogP contribution >= 0.6 is 11.3 Å². The van der Waals surface area contributed by atoms with Crippen LogP contribution in [0.4, 0.5) is 0 Å². The third-order valence-electron chi connectivity index (χ3n) is 4.83. The van der Waals surface area contributed by atoms with Gasteiger partial charge in [0.1, 0.15) is 0 Å². The van der Waals surface area contributed by atoms with Crippen LogP contribution < -0.4 is 5.32 Å². The van der Waals surface area contributed by atoms with Crippen molar-refractivity contribution in [1.29, 1.82) is 0 Å². The van der Waals surface area contributed by atoms with Crippen LogP contribution in [0.2, 0.25) is 0 Å². The summed E-state index contributed by atoms with van der Waals surface area (Å²) in [5.41, 5.74) is 4.92. The molecule has 0 saturated heterocycles. The van der Waals surface area contributed by atoms with Crippen LogP contribution in [-0.4, -0.2) is 47.8 Å². The van der Waals surface area contributed by atoms with E-state index in [1.807, 2.05) is 49.1 Å². The minimum Gasteiger partial charge on any atom is -0.339 e. The van der Waals surface area contributed by atoms with Crippen LogP contribution in [0.15, 0.2) is 41.8 Å². The molecule has 0 atom stereocenters. The predicted octanol–water partition coefficient (Wildman–Crippen LogP) is 2.99. The maximum absolute atomic E-state index is 13.0. The number of amides is 1. The maximum Gasteiger partial charge on any atom is 0.274 e. The monoisotopic (exact) mass is 366 g/mol. The molecule has 2 heterocycles. The smallest absolute Gasteiger partial charge is 0.274 e. The van der Waals surface area contributed by atoms with Gasteiger partial charge in [0.15, 0.2) is 5.69 Å². The average molecular weight is 366 g/mol. The number of nitrogens with one attached hydrogen (secondary N) is 1. The molecule has 0 bridgehead atoms. The fourth-order valence-corrected chi connectivity index (χ4v) is 4.32. The molecule has 0 spiro atoms. The largest absolute Gasteiger partial charge is 0.339 e. The third kappa shape index (κ3) is 2.85. The van der Waals surface area contributed by atoms with Crippen molar-refractivity contribution in [3.8, 4) is 16.9 Å². The van der Waals surface area contributed by atoms with Gasteiger partial charge < -0.3 is 10.2 Å². The molecule has 26 heavy (non-hydrogen) atoms. The molecule has 1 aliphatic carbocycles. The zero-order chi connectivity index (χ0) is 18.1. The summed E-state index contributed by atoms with van der Waals surface area (Å²) in [6, 6.07) is 12.2. The molecule has 1 aliphatic rings. The molecule has 134 valence electrons. The Kier molecular flexibility index (Phi) is 4.61. The molecule has 0 radical (unpaired) electrons. The molecule has 1 amide bonds. The second kappa shape index (κ2) is 7.05. The summed E-state index contributed by atoms with van der Waals surface area (Å²) in [5.74, 6) is -0.00939. The minimum absolute atomic E-state index is 0.00939. The summed E-state index contributed by atoms with van der Waals surface area (Å²) >= 11 is 1.78. The number of nitrogens with zero attached hydrogens (tertiary/aromatic N) is 3. The Bertz CT molecular complexity index is 929. The van der Waals surface area contributed by atoms with Gasteiger partial charge in [-0.1, -0.05) is 18.2 Å². The van der Waals surface area contributed by atoms with Gasteiger partial charge in [-0.25, -0.2) is 4.68 Å². The Morgan fingerprint density at radius 1 is 1.27 bits per heavy atom. The number of hydrogen-bond acceptors (Lipinski definition) is 4. The predicted molar refractivity (Wildman–Crippen MR) is 105 cm³/mol. The van der Waals surface area contributed by atoms with Crippen molar-refractivity contribution < 1.29 is 4.79 Å². The fraction of sp³-hybridized carbons (Fsp3) is 0.300. The number of likely N-dealkylation sites (N-methyl/N-ethyl adjacent to an activating group) is 2. The Morgan fingerprint density at radius 3 is 2.85 bits per heavy atom. The van der Waals surface area contributed by atoms with E-state index in [-0.39, 0.29) is 5.91 Å². The van der Waals surface area contributed by atoms with Crippen molar-refractivity contribution in [2.75, 3.05) is 27.2 Å². The van der Waals surface area contributed by atoms with Crippen LogP contribution in [0, 0.1) is 0 Å². The molecule has 4 rings (SSSR count). The lowest BCUT2D eigenvalue weighted by molar-refractivity contribution is 0.0789. The number of aryl methyl sites for hydroxylation is 1. The number of carbonyl (C=O) groups is 1. The maximum atomic E-state index is 13.0. The molecule has 1 aromatic carbocycles. The number of fused-ring (bicyclic) bond motifs is 3. The molecule has 0 unspecified atom stereocenters. The number of hydrogen-bond donors (Lipinski definition) is 1. The highest BCUT2D eigenvalue weighted by Gasteiger charge is 2.30. The molecule has 2 aromatic heterocycles. The van der Waals surface area contributed by atoms with E-state index >= 15 is 0 Å². The second-order valence-corrected chi connectivity index (χ2v) is 7.51. The van der Waals surface area contributed by atoms with E-state index in [0.717, 1.165) is 36.3 Å². The quantitative estimate of drug-likeness (QED) is 0.755. The Balaban J connectivity index is 1.84. The lowest BCUT2D eigenvalue weighted by atomic mass is 9.94. The number of para-hydroxylation sites is 1. The van der Waals surface area contributed by atoms with Crippen molar-refractivity contribution >= 4 is 17.2 Å². The Labute approximate surface area is 157 Å². The second-order valence-electron chi connectivity index (χ2n) is 6.51. The lowest BCUT2D eigenvalue weighted by Crippen LogP contribution is -2.33.